The van der Waals surface area contributed by atoms with Crippen LogP contribution in [0, 0.1) is 12.3 Å². The minimum atomic E-state index is -4.96. The van der Waals surface area contributed by atoms with Gasteiger partial charge in [0.25, 0.3) is 5.56 Å². The molecule has 2 heterocycles. The van der Waals surface area contributed by atoms with Gasteiger partial charge >= 0.3 is 18.0 Å². The van der Waals surface area contributed by atoms with Crippen LogP contribution in [0.1, 0.15) is 57.7 Å². The van der Waals surface area contributed by atoms with Gasteiger partial charge in [-0.3, -0.25) is 14.3 Å². The Balaban J connectivity index is 2.16. The van der Waals surface area contributed by atoms with Crippen molar-refractivity contribution in [3.63, 3.8) is 0 Å². The third-order valence-electron chi connectivity index (χ3n) is 5.30. The lowest BCUT2D eigenvalue weighted by atomic mass is 10.2. The molecule has 1 aromatic rings. The van der Waals surface area contributed by atoms with Crippen molar-refractivity contribution in [2.75, 3.05) is 26.3 Å². The molecule has 12 heteroatoms. The summed E-state index contributed by atoms with van der Waals surface area (Å²) in [6.45, 7) is 4.68. The smallest absolute Gasteiger partial charge is 0.423 e. The van der Waals surface area contributed by atoms with Crippen LogP contribution in [-0.4, -0.2) is 59.1 Å². The lowest BCUT2D eigenvalue weighted by Gasteiger charge is -2.24. The van der Waals surface area contributed by atoms with Gasteiger partial charge in [-0.25, -0.2) is 9.59 Å². The number of alkyl halides is 3. The lowest BCUT2D eigenvalue weighted by Crippen LogP contribution is -2.37. The molecule has 0 radical (unpaired) electrons. The molecule has 1 fully saturated rings. The molecule has 1 amide bonds. The Morgan fingerprint density at radius 1 is 1.29 bits per heavy atom. The summed E-state index contributed by atoms with van der Waals surface area (Å²) in [5.41, 5.74) is -4.15. The number of rotatable bonds is 11. The minimum Gasteiger partial charge on any atom is -0.447 e. The first kappa shape index (κ1) is 27.5. The summed E-state index contributed by atoms with van der Waals surface area (Å²) >= 11 is 0. The molecule has 2 rings (SSSR count). The summed E-state index contributed by atoms with van der Waals surface area (Å²) in [6.07, 6.45) is 0.832. The van der Waals surface area contributed by atoms with E-state index in [1.165, 1.54) is 0 Å². The van der Waals surface area contributed by atoms with E-state index >= 15 is 0 Å². The van der Waals surface area contributed by atoms with Gasteiger partial charge in [-0.1, -0.05) is 32.6 Å². The van der Waals surface area contributed by atoms with Crippen molar-refractivity contribution in [2.24, 2.45) is 0 Å². The number of aromatic amines is 1. The minimum absolute atomic E-state index is 0.0394. The average Bonchev–Trinajstić information content (AvgIpc) is 3.17. The van der Waals surface area contributed by atoms with Crippen LogP contribution in [0.3, 0.4) is 0 Å². The molecule has 1 aliphatic rings. The van der Waals surface area contributed by atoms with Gasteiger partial charge in [-0.05, 0) is 12.8 Å². The number of nitrogens with zero attached hydrogens (tertiary/aromatic N) is 2. The Hall–Kier alpha value is -2.78. The maximum absolute atomic E-state index is 13.1. The van der Waals surface area contributed by atoms with Crippen LogP contribution in [0.2, 0.25) is 0 Å². The van der Waals surface area contributed by atoms with E-state index in [9.17, 15) is 27.6 Å². The SMILES string of the molecule is C#CCO[C@H]1C[C@H](n2cc(C(F)(F)F)c(=O)[nH]c2=O)O[C@@H]1COC(=O)N(CCC)CCCCC. The first-order valence-electron chi connectivity index (χ1n) is 11.2. The second-order valence-electron chi connectivity index (χ2n) is 7.90. The molecule has 3 atom stereocenters. The summed E-state index contributed by atoms with van der Waals surface area (Å²) in [6, 6.07) is 0. The predicted molar refractivity (Wildman–Crippen MR) is 116 cm³/mol. The van der Waals surface area contributed by atoms with Crippen molar-refractivity contribution >= 4 is 6.09 Å². The normalized spacial score (nSPS) is 20.2. The molecular weight excluding hydrogens is 459 g/mol. The Labute approximate surface area is 195 Å². The van der Waals surface area contributed by atoms with E-state index in [-0.39, 0.29) is 19.6 Å². The zero-order chi connectivity index (χ0) is 25.3. The van der Waals surface area contributed by atoms with Crippen molar-refractivity contribution < 1.29 is 32.2 Å². The van der Waals surface area contributed by atoms with Gasteiger partial charge in [-0.15, -0.1) is 6.42 Å². The van der Waals surface area contributed by atoms with E-state index in [0.717, 1.165) is 25.7 Å². The van der Waals surface area contributed by atoms with Crippen LogP contribution in [0.15, 0.2) is 15.8 Å². The van der Waals surface area contributed by atoms with Gasteiger partial charge in [0, 0.05) is 25.7 Å². The molecule has 0 saturated carbocycles. The average molecular weight is 489 g/mol. The molecule has 0 spiro atoms. The van der Waals surface area contributed by atoms with Crippen molar-refractivity contribution in [2.45, 2.75) is 70.6 Å². The monoisotopic (exact) mass is 489 g/mol. The molecule has 9 nitrogen and oxygen atoms in total. The number of carbonyl (C=O) groups excluding carboxylic acids is 1. The van der Waals surface area contributed by atoms with E-state index in [0.29, 0.717) is 23.9 Å². The third-order valence-corrected chi connectivity index (χ3v) is 5.30. The van der Waals surface area contributed by atoms with Crippen LogP contribution < -0.4 is 11.2 Å². The Morgan fingerprint density at radius 2 is 2.03 bits per heavy atom. The van der Waals surface area contributed by atoms with Gasteiger partial charge in [0.15, 0.2) is 0 Å². The number of ether oxygens (including phenoxy) is 3. The highest BCUT2D eigenvalue weighted by Gasteiger charge is 2.40. The number of halogens is 3. The van der Waals surface area contributed by atoms with E-state index in [1.807, 2.05) is 6.92 Å². The summed E-state index contributed by atoms with van der Waals surface area (Å²) < 4.78 is 56.7. The number of carbonyl (C=O) groups is 1. The quantitative estimate of drug-likeness (QED) is 0.379. The van der Waals surface area contributed by atoms with Crippen molar-refractivity contribution in [1.82, 2.24) is 14.5 Å². The Bertz CT molecular complexity index is 968. The Kier molecular flexibility index (Phi) is 10.2. The number of aromatic nitrogens is 2. The van der Waals surface area contributed by atoms with Crippen LogP contribution in [0.5, 0.6) is 0 Å². The fraction of sp³-hybridized carbons (Fsp3) is 0.682. The molecule has 0 aliphatic carbocycles. The number of amides is 1. The lowest BCUT2D eigenvalue weighted by molar-refractivity contribution is -0.139. The summed E-state index contributed by atoms with van der Waals surface area (Å²) in [5, 5.41) is 0. The highest BCUT2D eigenvalue weighted by Crippen LogP contribution is 2.32. The number of terminal acetylenes is 1. The highest BCUT2D eigenvalue weighted by molar-refractivity contribution is 5.67. The van der Waals surface area contributed by atoms with E-state index < -0.39 is 47.5 Å². The van der Waals surface area contributed by atoms with Crippen molar-refractivity contribution in [3.8, 4) is 12.3 Å². The van der Waals surface area contributed by atoms with Crippen molar-refractivity contribution in [1.29, 1.82) is 0 Å². The molecular formula is C22H30F3N3O6. The van der Waals surface area contributed by atoms with Gasteiger partial charge in [0.2, 0.25) is 0 Å². The maximum atomic E-state index is 13.1. The summed E-state index contributed by atoms with van der Waals surface area (Å²) in [5.74, 6) is 2.29. The molecule has 190 valence electrons. The van der Waals surface area contributed by atoms with E-state index in [2.05, 4.69) is 12.8 Å². The molecule has 0 unspecified atom stereocenters. The van der Waals surface area contributed by atoms with Gasteiger partial charge in [0.05, 0.1) is 6.10 Å². The van der Waals surface area contributed by atoms with E-state index in [4.69, 9.17) is 20.6 Å². The fourth-order valence-corrected chi connectivity index (χ4v) is 3.61. The van der Waals surface area contributed by atoms with Gasteiger partial charge in [-0.2, -0.15) is 13.2 Å². The second kappa shape index (κ2) is 12.6. The van der Waals surface area contributed by atoms with Crippen LogP contribution in [0.25, 0.3) is 0 Å². The molecule has 1 aromatic heterocycles. The van der Waals surface area contributed by atoms with Crippen LogP contribution in [0.4, 0.5) is 18.0 Å². The number of nitrogens with one attached hydrogen (secondary N) is 1. The third kappa shape index (κ3) is 7.36. The summed E-state index contributed by atoms with van der Waals surface area (Å²) in [4.78, 5) is 39.6. The van der Waals surface area contributed by atoms with E-state index in [1.54, 1.807) is 9.88 Å². The second-order valence-corrected chi connectivity index (χ2v) is 7.90. The topological polar surface area (TPSA) is 103 Å². The largest absolute Gasteiger partial charge is 0.447 e. The first-order chi connectivity index (χ1) is 16.1. The molecule has 1 aliphatic heterocycles. The fourth-order valence-electron chi connectivity index (χ4n) is 3.61. The van der Waals surface area contributed by atoms with Gasteiger partial charge in [0.1, 0.15) is 31.1 Å². The van der Waals surface area contributed by atoms with Gasteiger partial charge < -0.3 is 19.1 Å². The molecule has 0 aromatic carbocycles. The summed E-state index contributed by atoms with van der Waals surface area (Å²) in [7, 11) is 0. The standard InChI is InChI=1S/C22H30F3N3O6/c1-4-7-8-10-27(9-5-2)21(31)33-14-17-16(32-11-6-3)12-18(34-17)28-13-15(22(23,24)25)19(29)26-20(28)30/h3,13,16-18H,4-5,7-12,14H2,1-2H3,(H,26,29,30)/t16-,17+,18+/m0/s1. The molecule has 1 N–H and O–H groups in total. The predicted octanol–water partition coefficient (Wildman–Crippen LogP) is 2.90. The zero-order valence-electron chi connectivity index (χ0n) is 19.2. The molecule has 1 saturated heterocycles. The van der Waals surface area contributed by atoms with Crippen LogP contribution >= 0.6 is 0 Å². The molecule has 34 heavy (non-hydrogen) atoms. The zero-order valence-corrected chi connectivity index (χ0v) is 19.2. The Morgan fingerprint density at radius 3 is 2.65 bits per heavy atom. The number of unbranched alkanes of at least 4 members (excludes halogenated alkanes) is 2. The molecule has 0 bridgehead atoms. The van der Waals surface area contributed by atoms with Crippen LogP contribution in [-0.2, 0) is 20.4 Å². The number of H-pyrrole nitrogens is 1. The maximum Gasteiger partial charge on any atom is 0.423 e. The first-order valence-corrected chi connectivity index (χ1v) is 11.2. The number of hydrogen-bond donors (Lipinski definition) is 1. The highest BCUT2D eigenvalue weighted by atomic mass is 19.4. The van der Waals surface area contributed by atoms with Crippen molar-refractivity contribution in [3.05, 3.63) is 32.6 Å². The number of hydrogen-bond acceptors (Lipinski definition) is 6.